The van der Waals surface area contributed by atoms with E-state index in [1.54, 1.807) is 0 Å². The molecule has 0 radical (unpaired) electrons. The highest BCUT2D eigenvalue weighted by Crippen LogP contribution is 2.26. The molecule has 7 nitrogen and oxygen atoms in total. The Bertz CT molecular complexity index is 349. The molecule has 100 valence electrons. The number of amides is 2. The van der Waals surface area contributed by atoms with Gasteiger partial charge in [-0.2, -0.15) is 5.26 Å². The summed E-state index contributed by atoms with van der Waals surface area (Å²) in [6.07, 6.45) is 1.96. The van der Waals surface area contributed by atoms with Crippen molar-refractivity contribution >= 4 is 12.0 Å². The summed E-state index contributed by atoms with van der Waals surface area (Å²) in [4.78, 5) is 24.2. The molecular formula is C11H17N3O4. The molecule has 0 saturated heterocycles. The second-order valence-corrected chi connectivity index (χ2v) is 4.19. The fourth-order valence-electron chi connectivity index (χ4n) is 1.63. The largest absolute Gasteiger partial charge is 0.480 e. The van der Waals surface area contributed by atoms with Crippen LogP contribution >= 0.6 is 0 Å². The lowest BCUT2D eigenvalue weighted by Crippen LogP contribution is -2.49. The van der Waals surface area contributed by atoms with Gasteiger partial charge in [0.2, 0.25) is 0 Å². The number of aliphatic hydroxyl groups is 1. The molecule has 3 N–H and O–H groups in total. The monoisotopic (exact) mass is 255 g/mol. The summed E-state index contributed by atoms with van der Waals surface area (Å²) in [6, 6.07) is 0.502. The number of carbonyl (C=O) groups excluding carboxylic acids is 1. The molecule has 0 aromatic rings. The van der Waals surface area contributed by atoms with Gasteiger partial charge >= 0.3 is 12.0 Å². The Morgan fingerprint density at radius 2 is 2.17 bits per heavy atom. The third-order valence-electron chi connectivity index (χ3n) is 2.73. The molecule has 0 unspecified atom stereocenters. The van der Waals surface area contributed by atoms with Crippen LogP contribution in [-0.4, -0.2) is 52.3 Å². The summed E-state index contributed by atoms with van der Waals surface area (Å²) in [5, 5.41) is 28.5. The van der Waals surface area contributed by atoms with Crippen LogP contribution in [-0.2, 0) is 4.79 Å². The predicted octanol–water partition coefficient (Wildman–Crippen LogP) is -0.0903. The number of rotatable bonds is 7. The summed E-state index contributed by atoms with van der Waals surface area (Å²) in [5.74, 6) is -1.17. The third kappa shape index (κ3) is 4.22. The van der Waals surface area contributed by atoms with Crippen LogP contribution in [0.2, 0.25) is 0 Å². The molecule has 1 rings (SSSR count). The van der Waals surface area contributed by atoms with Gasteiger partial charge in [-0.05, 0) is 12.8 Å². The number of carboxylic acids is 1. The molecule has 1 aliphatic carbocycles. The second-order valence-electron chi connectivity index (χ2n) is 4.19. The Labute approximate surface area is 105 Å². The van der Waals surface area contributed by atoms with E-state index in [2.05, 4.69) is 5.32 Å². The molecule has 0 spiro atoms. The molecule has 18 heavy (non-hydrogen) atoms. The van der Waals surface area contributed by atoms with Crippen molar-refractivity contribution in [2.45, 2.75) is 37.8 Å². The zero-order chi connectivity index (χ0) is 13.5. The summed E-state index contributed by atoms with van der Waals surface area (Å²) >= 11 is 0. The third-order valence-corrected chi connectivity index (χ3v) is 2.73. The predicted molar refractivity (Wildman–Crippen MR) is 61.6 cm³/mol. The van der Waals surface area contributed by atoms with E-state index in [4.69, 9.17) is 15.5 Å². The molecule has 1 aliphatic rings. The maximum absolute atomic E-state index is 11.9. The van der Waals surface area contributed by atoms with Gasteiger partial charge < -0.3 is 20.4 Å². The SMILES string of the molecule is N#CCCN(C(=O)N[C@H](CCO)C(=O)O)C1CC1. The summed E-state index contributed by atoms with van der Waals surface area (Å²) in [6.45, 7) is -0.00264. The standard InChI is InChI=1S/C11H17N3O4/c12-5-1-6-14(8-2-3-8)11(18)13-9(4-7-15)10(16)17/h8-9,15H,1-4,6-7H2,(H,13,18)(H,16,17)/t9-/m1/s1. The Hall–Kier alpha value is -1.81. The van der Waals surface area contributed by atoms with Crippen molar-refractivity contribution in [1.82, 2.24) is 10.2 Å². The van der Waals surface area contributed by atoms with E-state index in [1.807, 2.05) is 6.07 Å². The Balaban J connectivity index is 2.54. The van der Waals surface area contributed by atoms with E-state index in [0.717, 1.165) is 12.8 Å². The lowest BCUT2D eigenvalue weighted by Gasteiger charge is -2.24. The van der Waals surface area contributed by atoms with Gasteiger partial charge in [0.15, 0.2) is 0 Å². The highest BCUT2D eigenvalue weighted by Gasteiger charge is 2.33. The van der Waals surface area contributed by atoms with Crippen LogP contribution in [0.3, 0.4) is 0 Å². The van der Waals surface area contributed by atoms with E-state index < -0.39 is 18.0 Å². The quantitative estimate of drug-likeness (QED) is 0.588. The molecule has 0 heterocycles. The van der Waals surface area contributed by atoms with Gasteiger partial charge in [0.1, 0.15) is 6.04 Å². The molecule has 1 fully saturated rings. The number of hydrogen-bond acceptors (Lipinski definition) is 4. The molecule has 2 amide bonds. The van der Waals surface area contributed by atoms with E-state index in [-0.39, 0.29) is 25.5 Å². The van der Waals surface area contributed by atoms with Gasteiger partial charge in [0.25, 0.3) is 0 Å². The van der Waals surface area contributed by atoms with Crippen molar-refractivity contribution < 1.29 is 19.8 Å². The highest BCUT2D eigenvalue weighted by atomic mass is 16.4. The first kappa shape index (κ1) is 14.3. The number of nitriles is 1. The van der Waals surface area contributed by atoms with Crippen LogP contribution in [0.25, 0.3) is 0 Å². The molecule has 7 heteroatoms. The van der Waals surface area contributed by atoms with Crippen molar-refractivity contribution in [3.63, 3.8) is 0 Å². The molecule has 1 atom stereocenters. The fraction of sp³-hybridized carbons (Fsp3) is 0.727. The highest BCUT2D eigenvalue weighted by molar-refractivity contribution is 5.82. The van der Waals surface area contributed by atoms with E-state index in [9.17, 15) is 9.59 Å². The minimum Gasteiger partial charge on any atom is -0.480 e. The van der Waals surface area contributed by atoms with Crippen LogP contribution in [0.4, 0.5) is 4.79 Å². The molecule has 1 saturated carbocycles. The normalized spacial score (nSPS) is 15.6. The molecule has 0 aromatic carbocycles. The molecule has 0 bridgehead atoms. The van der Waals surface area contributed by atoms with Crippen LogP contribution < -0.4 is 5.32 Å². The van der Waals surface area contributed by atoms with E-state index >= 15 is 0 Å². The number of carboxylic acid groups (broad SMARTS) is 1. The lowest BCUT2D eigenvalue weighted by atomic mass is 10.2. The zero-order valence-electron chi connectivity index (χ0n) is 10.0. The number of aliphatic hydroxyl groups excluding tert-OH is 1. The van der Waals surface area contributed by atoms with Crippen LogP contribution in [0.15, 0.2) is 0 Å². The maximum atomic E-state index is 11.9. The summed E-state index contributed by atoms with van der Waals surface area (Å²) < 4.78 is 0. The van der Waals surface area contributed by atoms with Crippen molar-refractivity contribution in [1.29, 1.82) is 5.26 Å². The smallest absolute Gasteiger partial charge is 0.326 e. The lowest BCUT2D eigenvalue weighted by molar-refractivity contribution is -0.139. The fourth-order valence-corrected chi connectivity index (χ4v) is 1.63. The van der Waals surface area contributed by atoms with Crippen LogP contribution in [0.1, 0.15) is 25.7 Å². The van der Waals surface area contributed by atoms with Crippen LogP contribution in [0, 0.1) is 11.3 Å². The summed E-state index contributed by atoms with van der Waals surface area (Å²) in [7, 11) is 0. The average Bonchev–Trinajstić information content (AvgIpc) is 3.13. The Morgan fingerprint density at radius 1 is 1.50 bits per heavy atom. The number of urea groups is 1. The van der Waals surface area contributed by atoms with E-state index in [1.165, 1.54) is 4.90 Å². The van der Waals surface area contributed by atoms with Gasteiger partial charge in [-0.25, -0.2) is 9.59 Å². The molecule has 0 aromatic heterocycles. The van der Waals surface area contributed by atoms with Crippen molar-refractivity contribution in [3.05, 3.63) is 0 Å². The van der Waals surface area contributed by atoms with Gasteiger partial charge in [0, 0.05) is 25.6 Å². The number of nitrogens with one attached hydrogen (secondary N) is 1. The number of aliphatic carboxylic acids is 1. The van der Waals surface area contributed by atoms with Crippen molar-refractivity contribution in [2.24, 2.45) is 0 Å². The first-order valence-electron chi connectivity index (χ1n) is 5.88. The molecular weight excluding hydrogens is 238 g/mol. The van der Waals surface area contributed by atoms with E-state index in [0.29, 0.717) is 6.54 Å². The number of nitrogens with zero attached hydrogens (tertiary/aromatic N) is 2. The second kappa shape index (κ2) is 6.81. The zero-order valence-corrected chi connectivity index (χ0v) is 10.0. The van der Waals surface area contributed by atoms with Gasteiger partial charge in [-0.1, -0.05) is 0 Å². The van der Waals surface area contributed by atoms with Gasteiger partial charge in [-0.15, -0.1) is 0 Å². The van der Waals surface area contributed by atoms with Crippen LogP contribution in [0.5, 0.6) is 0 Å². The van der Waals surface area contributed by atoms with Crippen molar-refractivity contribution in [3.8, 4) is 6.07 Å². The number of hydrogen-bond donors (Lipinski definition) is 3. The Morgan fingerprint density at radius 3 is 2.61 bits per heavy atom. The minimum atomic E-state index is -1.17. The Kier molecular flexibility index (Phi) is 5.39. The first-order chi connectivity index (χ1) is 8.60. The van der Waals surface area contributed by atoms with Gasteiger partial charge in [-0.3, -0.25) is 0 Å². The minimum absolute atomic E-state index is 0.0299. The van der Waals surface area contributed by atoms with Crippen molar-refractivity contribution in [2.75, 3.05) is 13.2 Å². The van der Waals surface area contributed by atoms with Gasteiger partial charge in [0.05, 0.1) is 12.5 Å². The number of carbonyl (C=O) groups is 2. The summed E-state index contributed by atoms with van der Waals surface area (Å²) in [5.41, 5.74) is 0. The maximum Gasteiger partial charge on any atom is 0.326 e. The first-order valence-corrected chi connectivity index (χ1v) is 5.88. The average molecular weight is 255 g/mol. The molecule has 0 aliphatic heterocycles. The topological polar surface area (TPSA) is 114 Å².